The van der Waals surface area contributed by atoms with Gasteiger partial charge in [-0.3, -0.25) is 10.2 Å². The summed E-state index contributed by atoms with van der Waals surface area (Å²) in [6, 6.07) is 9.39. The van der Waals surface area contributed by atoms with Gasteiger partial charge in [0.05, 0.1) is 22.9 Å². The second-order valence-corrected chi connectivity index (χ2v) is 6.99. The third-order valence-electron chi connectivity index (χ3n) is 5.01. The molecule has 0 saturated heterocycles. The van der Waals surface area contributed by atoms with Gasteiger partial charge in [0.25, 0.3) is 0 Å². The maximum Gasteiger partial charge on any atom is 0.178 e. The van der Waals surface area contributed by atoms with Gasteiger partial charge in [-0.2, -0.15) is 10.2 Å². The molecule has 0 aliphatic heterocycles. The van der Waals surface area contributed by atoms with E-state index in [1.807, 2.05) is 12.1 Å². The Morgan fingerprint density at radius 1 is 1.00 bits per heavy atom. The highest BCUT2D eigenvalue weighted by Gasteiger charge is 2.18. The molecule has 5 aromatic heterocycles. The Labute approximate surface area is 173 Å². The standard InChI is InChI=1S/C21H13FN8O/c22-12-5-10(6-13(31)7-12)14-3-4-23-20-17(14)27-21(28-20)19-18-16(29-30-19)2-1-15(26-18)11-8-24-25-9-11/h1-9,31H,(H,24,25)(H,29,30)(H,23,27,28). The first-order valence-electron chi connectivity index (χ1n) is 9.35. The molecule has 5 heterocycles. The molecule has 1 aromatic carbocycles. The molecule has 0 saturated carbocycles. The van der Waals surface area contributed by atoms with E-state index in [4.69, 9.17) is 4.98 Å². The zero-order chi connectivity index (χ0) is 20.9. The molecule has 0 spiro atoms. The fourth-order valence-electron chi connectivity index (χ4n) is 3.61. The highest BCUT2D eigenvalue weighted by atomic mass is 19.1. The third-order valence-corrected chi connectivity index (χ3v) is 5.01. The van der Waals surface area contributed by atoms with E-state index in [9.17, 15) is 9.50 Å². The third kappa shape index (κ3) is 2.81. The average molecular weight is 412 g/mol. The smallest absolute Gasteiger partial charge is 0.178 e. The van der Waals surface area contributed by atoms with Crippen LogP contribution in [-0.2, 0) is 0 Å². The number of fused-ring (bicyclic) bond motifs is 2. The SMILES string of the molecule is Oc1cc(F)cc(-c2ccnc3nc(-c4n[nH]c5ccc(-c6cn[nH]c6)nc45)[nH]c23)c1. The van der Waals surface area contributed by atoms with Crippen molar-refractivity contribution >= 4 is 22.2 Å². The van der Waals surface area contributed by atoms with E-state index < -0.39 is 5.82 Å². The fraction of sp³-hybridized carbons (Fsp3) is 0. The van der Waals surface area contributed by atoms with Crippen LogP contribution in [0.2, 0.25) is 0 Å². The number of hydrogen-bond acceptors (Lipinski definition) is 6. The normalized spacial score (nSPS) is 11.5. The summed E-state index contributed by atoms with van der Waals surface area (Å²) in [6.45, 7) is 0. The van der Waals surface area contributed by atoms with Gasteiger partial charge in [-0.15, -0.1) is 0 Å². The molecule has 0 radical (unpaired) electrons. The molecule has 0 atom stereocenters. The summed E-state index contributed by atoms with van der Waals surface area (Å²) in [5.74, 6) is -0.221. The number of hydrogen-bond donors (Lipinski definition) is 4. The van der Waals surface area contributed by atoms with Crippen molar-refractivity contribution in [1.29, 1.82) is 0 Å². The number of benzene rings is 1. The van der Waals surface area contributed by atoms with Crippen molar-refractivity contribution in [3.05, 3.63) is 60.8 Å². The Morgan fingerprint density at radius 2 is 1.94 bits per heavy atom. The van der Waals surface area contributed by atoms with Gasteiger partial charge in [-0.25, -0.2) is 19.3 Å². The molecule has 4 N–H and O–H groups in total. The molecule has 6 aromatic rings. The summed E-state index contributed by atoms with van der Waals surface area (Å²) in [4.78, 5) is 16.8. The van der Waals surface area contributed by atoms with E-state index in [0.717, 1.165) is 22.8 Å². The number of aromatic amines is 3. The Bertz CT molecular complexity index is 1550. The lowest BCUT2D eigenvalue weighted by Crippen LogP contribution is -1.86. The van der Waals surface area contributed by atoms with Crippen LogP contribution in [-0.4, -0.2) is 45.4 Å². The van der Waals surface area contributed by atoms with E-state index in [2.05, 4.69) is 35.3 Å². The van der Waals surface area contributed by atoms with E-state index in [-0.39, 0.29) is 5.75 Å². The number of phenolic OH excluding ortho intramolecular Hbond substituents is 1. The van der Waals surface area contributed by atoms with Crippen LogP contribution < -0.4 is 0 Å². The van der Waals surface area contributed by atoms with E-state index in [0.29, 0.717) is 39.3 Å². The van der Waals surface area contributed by atoms with Crippen molar-refractivity contribution in [3.8, 4) is 39.7 Å². The molecule has 0 amide bonds. The highest BCUT2D eigenvalue weighted by Crippen LogP contribution is 2.32. The molecule has 0 aliphatic carbocycles. The van der Waals surface area contributed by atoms with Crippen molar-refractivity contribution in [3.63, 3.8) is 0 Å². The minimum Gasteiger partial charge on any atom is -0.508 e. The topological polar surface area (TPSA) is 132 Å². The van der Waals surface area contributed by atoms with Crippen LogP contribution in [0.3, 0.4) is 0 Å². The highest BCUT2D eigenvalue weighted by molar-refractivity contribution is 5.95. The largest absolute Gasteiger partial charge is 0.508 e. The van der Waals surface area contributed by atoms with Crippen LogP contribution in [0.5, 0.6) is 5.75 Å². The molecular formula is C21H13FN8O. The van der Waals surface area contributed by atoms with Gasteiger partial charge >= 0.3 is 0 Å². The van der Waals surface area contributed by atoms with Crippen LogP contribution in [0.4, 0.5) is 4.39 Å². The van der Waals surface area contributed by atoms with Crippen molar-refractivity contribution in [2.24, 2.45) is 0 Å². The van der Waals surface area contributed by atoms with Crippen molar-refractivity contribution in [1.82, 2.24) is 40.3 Å². The van der Waals surface area contributed by atoms with Gasteiger partial charge in [0.15, 0.2) is 17.2 Å². The number of imidazole rings is 1. The lowest BCUT2D eigenvalue weighted by molar-refractivity contribution is 0.469. The van der Waals surface area contributed by atoms with E-state index >= 15 is 0 Å². The first-order valence-corrected chi connectivity index (χ1v) is 9.35. The number of nitrogens with zero attached hydrogens (tertiary/aromatic N) is 5. The van der Waals surface area contributed by atoms with Gasteiger partial charge in [0, 0.05) is 29.6 Å². The molecule has 0 bridgehead atoms. The molecule has 6 rings (SSSR count). The molecule has 10 heteroatoms. The lowest BCUT2D eigenvalue weighted by atomic mass is 10.1. The molecule has 0 fully saturated rings. The quantitative estimate of drug-likeness (QED) is 0.350. The Hall–Kier alpha value is -4.60. The average Bonchev–Trinajstić information content (AvgIpc) is 3.50. The summed E-state index contributed by atoms with van der Waals surface area (Å²) in [6.07, 6.45) is 5.04. The number of nitrogens with one attached hydrogen (secondary N) is 3. The van der Waals surface area contributed by atoms with Crippen molar-refractivity contribution in [2.75, 3.05) is 0 Å². The zero-order valence-electron chi connectivity index (χ0n) is 15.8. The Kier molecular flexibility index (Phi) is 3.60. The minimum atomic E-state index is -0.533. The fourth-order valence-corrected chi connectivity index (χ4v) is 3.61. The molecule has 0 unspecified atom stereocenters. The Balaban J connectivity index is 1.53. The lowest BCUT2D eigenvalue weighted by Gasteiger charge is -2.04. The zero-order valence-corrected chi connectivity index (χ0v) is 15.8. The second kappa shape index (κ2) is 6.46. The maximum absolute atomic E-state index is 13.8. The van der Waals surface area contributed by atoms with Gasteiger partial charge in [0.2, 0.25) is 0 Å². The predicted molar refractivity (Wildman–Crippen MR) is 111 cm³/mol. The van der Waals surface area contributed by atoms with E-state index in [1.165, 1.54) is 12.1 Å². The van der Waals surface area contributed by atoms with Gasteiger partial charge < -0.3 is 10.1 Å². The van der Waals surface area contributed by atoms with Crippen molar-refractivity contribution < 1.29 is 9.50 Å². The van der Waals surface area contributed by atoms with Crippen LogP contribution >= 0.6 is 0 Å². The van der Waals surface area contributed by atoms with Gasteiger partial charge in [-0.05, 0) is 35.9 Å². The summed E-state index contributed by atoms with van der Waals surface area (Å²) < 4.78 is 13.8. The summed E-state index contributed by atoms with van der Waals surface area (Å²) in [5.41, 5.74) is 5.74. The second-order valence-electron chi connectivity index (χ2n) is 6.99. The van der Waals surface area contributed by atoms with Crippen LogP contribution in [0, 0.1) is 5.82 Å². The number of aromatic hydroxyl groups is 1. The van der Waals surface area contributed by atoms with Crippen LogP contribution in [0.1, 0.15) is 0 Å². The monoisotopic (exact) mass is 412 g/mol. The number of pyridine rings is 2. The Morgan fingerprint density at radius 3 is 2.77 bits per heavy atom. The molecular weight excluding hydrogens is 399 g/mol. The summed E-state index contributed by atoms with van der Waals surface area (Å²) in [7, 11) is 0. The van der Waals surface area contributed by atoms with Gasteiger partial charge in [0.1, 0.15) is 17.1 Å². The number of aromatic nitrogens is 8. The predicted octanol–water partition coefficient (Wildman–Crippen LogP) is 3.80. The molecule has 9 nitrogen and oxygen atoms in total. The van der Waals surface area contributed by atoms with Crippen molar-refractivity contribution in [2.45, 2.75) is 0 Å². The number of halogens is 1. The summed E-state index contributed by atoms with van der Waals surface area (Å²) >= 11 is 0. The van der Waals surface area contributed by atoms with E-state index in [1.54, 1.807) is 24.7 Å². The maximum atomic E-state index is 13.8. The van der Waals surface area contributed by atoms with Crippen LogP contribution in [0.15, 0.2) is 55.0 Å². The molecule has 150 valence electrons. The van der Waals surface area contributed by atoms with Crippen LogP contribution in [0.25, 0.3) is 56.1 Å². The number of H-pyrrole nitrogens is 3. The first kappa shape index (κ1) is 17.3. The number of phenols is 1. The molecule has 0 aliphatic rings. The minimum absolute atomic E-state index is 0.158. The molecule has 31 heavy (non-hydrogen) atoms. The van der Waals surface area contributed by atoms with Gasteiger partial charge in [-0.1, -0.05) is 0 Å². The number of rotatable bonds is 3. The summed E-state index contributed by atoms with van der Waals surface area (Å²) in [5, 5.41) is 23.9. The first-order chi connectivity index (χ1) is 15.2.